The van der Waals surface area contributed by atoms with Crippen LogP contribution in [0.3, 0.4) is 0 Å². The van der Waals surface area contributed by atoms with E-state index in [1.165, 1.54) is 53.3 Å². The van der Waals surface area contributed by atoms with E-state index in [9.17, 15) is 0 Å². The smallest absolute Gasteiger partial charge is 0.0717 e. The minimum Gasteiger partial charge on any atom is -0.274 e. The van der Waals surface area contributed by atoms with Crippen LogP contribution in [0.1, 0.15) is 32.1 Å². The van der Waals surface area contributed by atoms with Crippen LogP contribution in [-0.2, 0) is 0 Å². The fraction of sp³-hybridized carbons (Fsp3) is 0.400. The number of rotatable bonds is 2. The molecule has 2 bridgehead atoms. The quantitative estimate of drug-likeness (QED) is 0.800. The van der Waals surface area contributed by atoms with E-state index in [4.69, 9.17) is 0 Å². The summed E-state index contributed by atoms with van der Waals surface area (Å²) in [5, 5.41) is 2.37. The van der Waals surface area contributed by atoms with Gasteiger partial charge < -0.3 is 0 Å². The van der Waals surface area contributed by atoms with Crippen molar-refractivity contribution in [2.75, 3.05) is 5.01 Å². The molecule has 1 aliphatic heterocycles. The molecule has 0 radical (unpaired) electrons. The van der Waals surface area contributed by atoms with Gasteiger partial charge in [-0.3, -0.25) is 5.01 Å². The zero-order valence-electron chi connectivity index (χ0n) is 13.2. The van der Waals surface area contributed by atoms with Crippen LogP contribution >= 0.6 is 11.8 Å². The second-order valence-corrected chi connectivity index (χ2v) is 8.21. The number of nitrogens with one attached hydrogen (secondary N) is 1. The summed E-state index contributed by atoms with van der Waals surface area (Å²) in [4.78, 5) is 2.69. The van der Waals surface area contributed by atoms with Gasteiger partial charge in [-0.25, -0.2) is 5.43 Å². The second kappa shape index (κ2) is 5.57. The minimum absolute atomic E-state index is 0.631. The van der Waals surface area contributed by atoms with Gasteiger partial charge in [-0.2, -0.15) is 0 Å². The van der Waals surface area contributed by atoms with Crippen LogP contribution in [-0.4, -0.2) is 6.04 Å². The summed E-state index contributed by atoms with van der Waals surface area (Å²) in [5.41, 5.74) is 6.53. The molecular weight excluding hydrogens is 300 g/mol. The molecule has 3 heteroatoms. The van der Waals surface area contributed by atoms with Gasteiger partial charge in [0.2, 0.25) is 0 Å². The Balaban J connectivity index is 1.52. The van der Waals surface area contributed by atoms with E-state index in [-0.39, 0.29) is 0 Å². The van der Waals surface area contributed by atoms with Gasteiger partial charge in [0.25, 0.3) is 0 Å². The summed E-state index contributed by atoms with van der Waals surface area (Å²) in [6.07, 6.45) is 7.07. The Kier molecular flexibility index (Phi) is 3.38. The molecule has 2 aromatic carbocycles. The Morgan fingerprint density at radius 3 is 2.00 bits per heavy atom. The second-order valence-electron chi connectivity index (χ2n) is 7.13. The molecule has 23 heavy (non-hydrogen) atoms. The predicted octanol–water partition coefficient (Wildman–Crippen LogP) is 5.37. The van der Waals surface area contributed by atoms with Gasteiger partial charge in [-0.05, 0) is 55.4 Å². The molecule has 3 aliphatic carbocycles. The van der Waals surface area contributed by atoms with Crippen LogP contribution in [0.4, 0.5) is 11.4 Å². The zero-order chi connectivity index (χ0) is 15.2. The Morgan fingerprint density at radius 1 is 0.826 bits per heavy atom. The summed E-state index contributed by atoms with van der Waals surface area (Å²) in [6, 6.07) is 18.2. The summed E-state index contributed by atoms with van der Waals surface area (Å²) >= 11 is 1.88. The van der Waals surface area contributed by atoms with Crippen molar-refractivity contribution < 1.29 is 0 Å². The normalized spacial score (nSPS) is 28.3. The zero-order valence-corrected chi connectivity index (χ0v) is 14.1. The average molecular weight is 322 g/mol. The van der Waals surface area contributed by atoms with Crippen LogP contribution in [0.15, 0.2) is 58.3 Å². The summed E-state index contributed by atoms with van der Waals surface area (Å²) in [6.45, 7) is 0. The first-order valence-electron chi connectivity index (χ1n) is 8.81. The number of benzene rings is 2. The van der Waals surface area contributed by atoms with Gasteiger partial charge >= 0.3 is 0 Å². The summed E-state index contributed by atoms with van der Waals surface area (Å²) in [5.74, 6) is 1.80. The average Bonchev–Trinajstić information content (AvgIpc) is 2.62. The minimum atomic E-state index is 0.631. The number of hydrogen-bond acceptors (Lipinski definition) is 3. The fourth-order valence-corrected chi connectivity index (χ4v) is 5.60. The highest BCUT2D eigenvalue weighted by atomic mass is 32.2. The van der Waals surface area contributed by atoms with Crippen molar-refractivity contribution in [3.05, 3.63) is 48.5 Å². The fourth-order valence-electron chi connectivity index (χ4n) is 4.55. The van der Waals surface area contributed by atoms with Crippen molar-refractivity contribution in [1.82, 2.24) is 5.43 Å². The lowest BCUT2D eigenvalue weighted by Crippen LogP contribution is -2.51. The van der Waals surface area contributed by atoms with E-state index >= 15 is 0 Å². The predicted molar refractivity (Wildman–Crippen MR) is 96.1 cm³/mol. The van der Waals surface area contributed by atoms with Crippen molar-refractivity contribution in [3.63, 3.8) is 0 Å². The molecule has 0 saturated heterocycles. The Morgan fingerprint density at radius 2 is 1.43 bits per heavy atom. The monoisotopic (exact) mass is 322 g/mol. The lowest BCUT2D eigenvalue weighted by molar-refractivity contribution is 0.124. The SMILES string of the molecule is c1ccc2c(c1)Sc1ccccc1N2NC1CC2CCC1CC2. The van der Waals surface area contributed by atoms with Gasteiger partial charge in [-0.1, -0.05) is 48.9 Å². The van der Waals surface area contributed by atoms with Crippen molar-refractivity contribution in [2.45, 2.75) is 47.9 Å². The van der Waals surface area contributed by atoms with E-state index in [1.807, 2.05) is 11.8 Å². The van der Waals surface area contributed by atoms with Gasteiger partial charge in [0, 0.05) is 15.8 Å². The maximum atomic E-state index is 3.92. The number of nitrogens with zero attached hydrogens (tertiary/aromatic N) is 1. The van der Waals surface area contributed by atoms with Crippen LogP contribution in [0.5, 0.6) is 0 Å². The molecule has 0 aromatic heterocycles. The maximum Gasteiger partial charge on any atom is 0.0717 e. The molecule has 1 atom stereocenters. The van der Waals surface area contributed by atoms with E-state index in [1.54, 1.807) is 0 Å². The van der Waals surface area contributed by atoms with E-state index in [0.29, 0.717) is 6.04 Å². The van der Waals surface area contributed by atoms with Crippen molar-refractivity contribution >= 4 is 23.1 Å². The van der Waals surface area contributed by atoms with Gasteiger partial charge in [-0.15, -0.1) is 0 Å². The summed E-state index contributed by atoms with van der Waals surface area (Å²) < 4.78 is 0. The molecular formula is C20H22N2S. The third-order valence-electron chi connectivity index (χ3n) is 5.77. The number of hydrogen-bond donors (Lipinski definition) is 1. The molecule has 118 valence electrons. The topological polar surface area (TPSA) is 15.3 Å². The number of fused-ring (bicyclic) bond motifs is 5. The maximum absolute atomic E-state index is 3.92. The van der Waals surface area contributed by atoms with E-state index in [0.717, 1.165) is 11.8 Å². The highest BCUT2D eigenvalue weighted by Crippen LogP contribution is 2.48. The van der Waals surface area contributed by atoms with Crippen molar-refractivity contribution in [1.29, 1.82) is 0 Å². The van der Waals surface area contributed by atoms with E-state index in [2.05, 4.69) is 59.0 Å². The molecule has 6 rings (SSSR count). The Bertz CT molecular complexity index is 676. The number of anilines is 2. The van der Waals surface area contributed by atoms with Crippen LogP contribution in [0.25, 0.3) is 0 Å². The highest BCUT2D eigenvalue weighted by Gasteiger charge is 2.37. The van der Waals surface area contributed by atoms with Crippen molar-refractivity contribution in [3.8, 4) is 0 Å². The van der Waals surface area contributed by atoms with E-state index < -0.39 is 0 Å². The molecule has 3 fully saturated rings. The Labute approximate surface area is 142 Å². The Hall–Kier alpha value is -1.45. The van der Waals surface area contributed by atoms with Gasteiger partial charge in [0.05, 0.1) is 11.4 Å². The lowest BCUT2D eigenvalue weighted by Gasteiger charge is -2.46. The standard InChI is InChI=1S/C20H22N2S/c1-3-7-19-17(5-1)22(18-6-2-4-8-20(18)23-19)21-16-13-14-9-11-15(16)12-10-14/h1-8,14-16,21H,9-13H2. The molecule has 1 heterocycles. The van der Waals surface area contributed by atoms with Crippen LogP contribution in [0.2, 0.25) is 0 Å². The lowest BCUT2D eigenvalue weighted by atomic mass is 9.68. The van der Waals surface area contributed by atoms with Crippen LogP contribution < -0.4 is 10.4 Å². The number of para-hydroxylation sites is 2. The molecule has 4 aliphatic rings. The third-order valence-corrected chi connectivity index (χ3v) is 6.91. The molecule has 0 spiro atoms. The van der Waals surface area contributed by atoms with Crippen molar-refractivity contribution in [2.24, 2.45) is 11.8 Å². The first-order valence-corrected chi connectivity index (χ1v) is 9.62. The molecule has 3 saturated carbocycles. The van der Waals surface area contributed by atoms with Crippen LogP contribution in [0, 0.1) is 11.8 Å². The van der Waals surface area contributed by atoms with Gasteiger partial charge in [0.1, 0.15) is 0 Å². The largest absolute Gasteiger partial charge is 0.274 e. The molecule has 1 unspecified atom stereocenters. The molecule has 0 amide bonds. The molecule has 1 N–H and O–H groups in total. The molecule has 2 aromatic rings. The highest BCUT2D eigenvalue weighted by molar-refractivity contribution is 7.99. The molecule has 2 nitrogen and oxygen atoms in total. The number of hydrazine groups is 1. The summed E-state index contributed by atoms with van der Waals surface area (Å²) in [7, 11) is 0. The third kappa shape index (κ3) is 2.38. The first kappa shape index (κ1) is 13.9. The van der Waals surface area contributed by atoms with Gasteiger partial charge in [0.15, 0.2) is 0 Å². The first-order chi connectivity index (χ1) is 11.4.